The second-order valence-corrected chi connectivity index (χ2v) is 4.47. The molecule has 0 spiro atoms. The van der Waals surface area contributed by atoms with E-state index in [0.717, 1.165) is 31.6 Å². The number of hydrogen-bond donors (Lipinski definition) is 0. The molecule has 3 heteroatoms. The van der Waals surface area contributed by atoms with Crippen molar-refractivity contribution in [2.24, 2.45) is 0 Å². The highest BCUT2D eigenvalue weighted by atomic mass is 16.5. The van der Waals surface area contributed by atoms with Crippen LogP contribution in [0.5, 0.6) is 0 Å². The van der Waals surface area contributed by atoms with E-state index in [1.54, 1.807) is 4.57 Å². The molecule has 0 aromatic carbocycles. The number of nitrogens with zero attached hydrogens (tertiary/aromatic N) is 1. The maximum absolute atomic E-state index is 11.7. The Balaban J connectivity index is 1.85. The summed E-state index contributed by atoms with van der Waals surface area (Å²) in [5.41, 5.74) is 0.953. The first-order valence-corrected chi connectivity index (χ1v) is 6.05. The highest BCUT2D eigenvalue weighted by Crippen LogP contribution is 2.16. The van der Waals surface area contributed by atoms with Gasteiger partial charge < -0.3 is 9.30 Å². The number of aromatic nitrogens is 1. The van der Waals surface area contributed by atoms with Crippen molar-refractivity contribution in [3.05, 3.63) is 34.2 Å². The van der Waals surface area contributed by atoms with Crippen molar-refractivity contribution in [2.75, 3.05) is 6.61 Å². The van der Waals surface area contributed by atoms with Gasteiger partial charge in [0.05, 0.1) is 6.10 Å². The number of pyridine rings is 1. The average Bonchev–Trinajstić information content (AvgIpc) is 2.77. The SMILES string of the molecule is Cc1cccn(CCCC2CCCO2)c1=O. The van der Waals surface area contributed by atoms with Crippen LogP contribution in [-0.2, 0) is 11.3 Å². The Morgan fingerprint density at radius 2 is 2.44 bits per heavy atom. The van der Waals surface area contributed by atoms with Crippen LogP contribution < -0.4 is 5.56 Å². The molecule has 0 bridgehead atoms. The quantitative estimate of drug-likeness (QED) is 0.779. The molecule has 0 saturated carbocycles. The third-order valence-electron chi connectivity index (χ3n) is 3.16. The van der Waals surface area contributed by atoms with Crippen LogP contribution in [0.1, 0.15) is 31.2 Å². The molecule has 0 amide bonds. The molecule has 1 aromatic rings. The zero-order valence-electron chi connectivity index (χ0n) is 9.82. The Morgan fingerprint density at radius 3 is 3.19 bits per heavy atom. The van der Waals surface area contributed by atoms with Crippen molar-refractivity contribution in [2.45, 2.75) is 45.3 Å². The summed E-state index contributed by atoms with van der Waals surface area (Å²) in [6.07, 6.45) is 6.76. The van der Waals surface area contributed by atoms with Crippen LogP contribution in [0, 0.1) is 6.92 Å². The molecule has 0 aliphatic carbocycles. The zero-order valence-corrected chi connectivity index (χ0v) is 9.82. The van der Waals surface area contributed by atoms with Crippen LogP contribution in [0.4, 0.5) is 0 Å². The summed E-state index contributed by atoms with van der Waals surface area (Å²) < 4.78 is 7.35. The second kappa shape index (κ2) is 5.30. The molecule has 1 unspecified atom stereocenters. The molecule has 1 saturated heterocycles. The fourth-order valence-corrected chi connectivity index (χ4v) is 2.19. The molecule has 0 N–H and O–H groups in total. The Bertz CT molecular complexity index is 391. The molecular formula is C13H19NO2. The molecule has 16 heavy (non-hydrogen) atoms. The first-order chi connectivity index (χ1) is 7.77. The molecule has 3 nitrogen and oxygen atoms in total. The number of rotatable bonds is 4. The third kappa shape index (κ3) is 2.73. The smallest absolute Gasteiger partial charge is 0.253 e. The minimum atomic E-state index is 0.134. The van der Waals surface area contributed by atoms with Crippen molar-refractivity contribution >= 4 is 0 Å². The third-order valence-corrected chi connectivity index (χ3v) is 3.16. The van der Waals surface area contributed by atoms with Gasteiger partial charge in [-0.1, -0.05) is 6.07 Å². The summed E-state index contributed by atoms with van der Waals surface area (Å²) in [5, 5.41) is 0. The van der Waals surface area contributed by atoms with E-state index in [1.807, 2.05) is 25.3 Å². The molecule has 88 valence electrons. The minimum absolute atomic E-state index is 0.134. The van der Waals surface area contributed by atoms with Crippen molar-refractivity contribution in [3.63, 3.8) is 0 Å². The van der Waals surface area contributed by atoms with Gasteiger partial charge in [-0.15, -0.1) is 0 Å². The van der Waals surface area contributed by atoms with Gasteiger partial charge in [-0.3, -0.25) is 4.79 Å². The Hall–Kier alpha value is -1.09. The van der Waals surface area contributed by atoms with Gasteiger partial charge in [0.15, 0.2) is 0 Å². The fraction of sp³-hybridized carbons (Fsp3) is 0.615. The first-order valence-electron chi connectivity index (χ1n) is 6.05. The summed E-state index contributed by atoms with van der Waals surface area (Å²) >= 11 is 0. The van der Waals surface area contributed by atoms with Gasteiger partial charge in [0.25, 0.3) is 5.56 Å². The summed E-state index contributed by atoms with van der Waals surface area (Å²) in [6.45, 7) is 3.58. The Morgan fingerprint density at radius 1 is 1.56 bits per heavy atom. The normalized spacial score (nSPS) is 20.2. The van der Waals surface area contributed by atoms with Crippen LogP contribution in [0.3, 0.4) is 0 Å². The molecule has 1 aliphatic rings. The summed E-state index contributed by atoms with van der Waals surface area (Å²) in [7, 11) is 0. The van der Waals surface area contributed by atoms with E-state index in [0.29, 0.717) is 6.10 Å². The van der Waals surface area contributed by atoms with Crippen molar-refractivity contribution < 1.29 is 4.74 Å². The maximum Gasteiger partial charge on any atom is 0.253 e. The lowest BCUT2D eigenvalue weighted by molar-refractivity contribution is 0.101. The van der Waals surface area contributed by atoms with Crippen LogP contribution in [-0.4, -0.2) is 17.3 Å². The summed E-state index contributed by atoms with van der Waals surface area (Å²) in [4.78, 5) is 11.7. The van der Waals surface area contributed by atoms with E-state index >= 15 is 0 Å². The predicted octanol–water partition coefficient (Wildman–Crippen LogP) is 2.12. The number of ether oxygens (including phenoxy) is 1. The predicted molar refractivity (Wildman–Crippen MR) is 63.6 cm³/mol. The van der Waals surface area contributed by atoms with E-state index in [2.05, 4.69) is 0 Å². The van der Waals surface area contributed by atoms with Crippen molar-refractivity contribution in [1.29, 1.82) is 0 Å². The standard InChI is InChI=1S/C13H19NO2/c1-11-5-2-8-14(13(11)15)9-3-6-12-7-4-10-16-12/h2,5,8,12H,3-4,6-7,9-10H2,1H3. The molecule has 1 aliphatic heterocycles. The molecule has 2 rings (SSSR count). The lowest BCUT2D eigenvalue weighted by atomic mass is 10.1. The summed E-state index contributed by atoms with van der Waals surface area (Å²) in [5.74, 6) is 0. The number of aryl methyl sites for hydroxylation is 2. The topological polar surface area (TPSA) is 31.2 Å². The Kier molecular flexibility index (Phi) is 3.78. The van der Waals surface area contributed by atoms with Gasteiger partial charge in [-0.2, -0.15) is 0 Å². The molecule has 1 aromatic heterocycles. The lowest BCUT2D eigenvalue weighted by Crippen LogP contribution is -2.21. The van der Waals surface area contributed by atoms with Crippen molar-refractivity contribution in [3.8, 4) is 0 Å². The fourth-order valence-electron chi connectivity index (χ4n) is 2.19. The van der Waals surface area contributed by atoms with Crippen LogP contribution in [0.25, 0.3) is 0 Å². The first kappa shape index (κ1) is 11.4. The van der Waals surface area contributed by atoms with E-state index in [9.17, 15) is 4.79 Å². The van der Waals surface area contributed by atoms with Gasteiger partial charge in [0, 0.05) is 24.9 Å². The molecular weight excluding hydrogens is 202 g/mol. The van der Waals surface area contributed by atoms with Crippen molar-refractivity contribution in [1.82, 2.24) is 4.57 Å². The van der Waals surface area contributed by atoms with E-state index < -0.39 is 0 Å². The monoisotopic (exact) mass is 221 g/mol. The molecule has 1 fully saturated rings. The van der Waals surface area contributed by atoms with Gasteiger partial charge in [-0.05, 0) is 38.7 Å². The van der Waals surface area contributed by atoms with Gasteiger partial charge in [0.1, 0.15) is 0 Å². The van der Waals surface area contributed by atoms with Gasteiger partial charge in [-0.25, -0.2) is 0 Å². The van der Waals surface area contributed by atoms with Gasteiger partial charge >= 0.3 is 0 Å². The molecule has 1 atom stereocenters. The zero-order chi connectivity index (χ0) is 11.4. The van der Waals surface area contributed by atoms with Gasteiger partial charge in [0.2, 0.25) is 0 Å². The van der Waals surface area contributed by atoms with Crippen LogP contribution in [0.2, 0.25) is 0 Å². The maximum atomic E-state index is 11.7. The largest absolute Gasteiger partial charge is 0.378 e. The summed E-state index contributed by atoms with van der Waals surface area (Å²) in [6, 6.07) is 3.79. The highest BCUT2D eigenvalue weighted by molar-refractivity contribution is 5.07. The highest BCUT2D eigenvalue weighted by Gasteiger charge is 2.14. The minimum Gasteiger partial charge on any atom is -0.378 e. The van der Waals surface area contributed by atoms with E-state index in [4.69, 9.17) is 4.74 Å². The van der Waals surface area contributed by atoms with Crippen LogP contribution in [0.15, 0.2) is 23.1 Å². The lowest BCUT2D eigenvalue weighted by Gasteiger charge is -2.10. The second-order valence-electron chi connectivity index (χ2n) is 4.47. The Labute approximate surface area is 96.0 Å². The van der Waals surface area contributed by atoms with Crippen LogP contribution >= 0.6 is 0 Å². The molecule has 2 heterocycles. The van der Waals surface area contributed by atoms with E-state index in [1.165, 1.54) is 12.8 Å². The van der Waals surface area contributed by atoms with E-state index in [-0.39, 0.29) is 5.56 Å². The number of hydrogen-bond acceptors (Lipinski definition) is 2. The average molecular weight is 221 g/mol. The molecule has 0 radical (unpaired) electrons.